The number of pyridine rings is 2. The Hall–Kier alpha value is -3.89. The van der Waals surface area contributed by atoms with Gasteiger partial charge in [0.15, 0.2) is 0 Å². The lowest BCUT2D eigenvalue weighted by atomic mass is 10.2. The van der Waals surface area contributed by atoms with Gasteiger partial charge in [0, 0.05) is 55.0 Å². The summed E-state index contributed by atoms with van der Waals surface area (Å²) >= 11 is 0. The van der Waals surface area contributed by atoms with Crippen LogP contribution in [-0.2, 0) is 15.8 Å². The zero-order chi connectivity index (χ0) is 22.9. The number of carbonyl (C=O) groups excluding carboxylic acids is 2. The third-order valence-corrected chi connectivity index (χ3v) is 5.14. The van der Waals surface area contributed by atoms with E-state index in [1.54, 1.807) is 29.2 Å². The monoisotopic (exact) mass is 445 g/mol. The van der Waals surface area contributed by atoms with Crippen LogP contribution in [0.15, 0.2) is 53.5 Å². The van der Waals surface area contributed by atoms with Crippen molar-refractivity contribution in [2.45, 2.75) is 6.18 Å². The van der Waals surface area contributed by atoms with E-state index >= 15 is 0 Å². The molecule has 2 N–H and O–H groups in total. The number of amides is 2. The molecule has 0 aliphatic carbocycles. The molecule has 11 heteroatoms. The van der Waals surface area contributed by atoms with Gasteiger partial charge in [-0.1, -0.05) is 0 Å². The minimum absolute atomic E-state index is 0.230. The molecule has 0 atom stereocenters. The summed E-state index contributed by atoms with van der Waals surface area (Å²) in [6.07, 6.45) is -3.67. The van der Waals surface area contributed by atoms with Crippen LogP contribution in [0.3, 0.4) is 0 Å². The standard InChI is InChI=1S/C21H18F3N5O3/c22-21(23,24)14-2-5-17(25-12-14)28-7-9-29(10-8-28)20(32)19(31)26-15-3-4-16-13(11-15)1-6-18(30)27-16/h1-6,11-12H,7-10H2,(H,26,31)(H,27,30). The number of anilines is 2. The first-order chi connectivity index (χ1) is 15.2. The Balaban J connectivity index is 1.35. The van der Waals surface area contributed by atoms with Crippen molar-refractivity contribution in [1.29, 1.82) is 0 Å². The number of H-pyrrole nitrogens is 1. The fourth-order valence-electron chi connectivity index (χ4n) is 3.44. The first-order valence-corrected chi connectivity index (χ1v) is 9.72. The number of nitrogens with zero attached hydrogens (tertiary/aromatic N) is 3. The van der Waals surface area contributed by atoms with Crippen LogP contribution in [-0.4, -0.2) is 52.9 Å². The van der Waals surface area contributed by atoms with Crippen LogP contribution in [0.5, 0.6) is 0 Å². The molecule has 0 saturated carbocycles. The first kappa shape index (κ1) is 21.3. The number of rotatable bonds is 2. The number of nitrogens with one attached hydrogen (secondary N) is 2. The maximum absolute atomic E-state index is 12.7. The number of carbonyl (C=O) groups is 2. The first-order valence-electron chi connectivity index (χ1n) is 9.72. The van der Waals surface area contributed by atoms with Crippen molar-refractivity contribution in [3.63, 3.8) is 0 Å². The van der Waals surface area contributed by atoms with Gasteiger partial charge >= 0.3 is 18.0 Å². The predicted octanol–water partition coefficient (Wildman–Crippen LogP) is 2.23. The van der Waals surface area contributed by atoms with Crippen molar-refractivity contribution in [3.05, 3.63) is 64.6 Å². The molecule has 0 radical (unpaired) electrons. The number of hydrogen-bond acceptors (Lipinski definition) is 5. The summed E-state index contributed by atoms with van der Waals surface area (Å²) in [5.41, 5.74) is -0.0489. The van der Waals surface area contributed by atoms with Gasteiger partial charge in [0.1, 0.15) is 5.82 Å². The Labute approximate surface area is 179 Å². The fraction of sp³-hybridized carbons (Fsp3) is 0.238. The van der Waals surface area contributed by atoms with Gasteiger partial charge in [-0.15, -0.1) is 0 Å². The smallest absolute Gasteiger partial charge is 0.353 e. The number of alkyl halides is 3. The summed E-state index contributed by atoms with van der Waals surface area (Å²) < 4.78 is 38.0. The predicted molar refractivity (Wildman–Crippen MR) is 111 cm³/mol. The van der Waals surface area contributed by atoms with Crippen LogP contribution in [0, 0.1) is 0 Å². The summed E-state index contributed by atoms with van der Waals surface area (Å²) in [7, 11) is 0. The Morgan fingerprint density at radius 3 is 2.41 bits per heavy atom. The number of hydrogen-bond donors (Lipinski definition) is 2. The molecule has 1 fully saturated rings. The van der Waals surface area contributed by atoms with Crippen LogP contribution in [0.25, 0.3) is 10.9 Å². The SMILES string of the molecule is O=C(Nc1ccc2[nH]c(=O)ccc2c1)C(=O)N1CCN(c2ccc(C(F)(F)F)cn2)CC1. The highest BCUT2D eigenvalue weighted by Crippen LogP contribution is 2.29. The second-order valence-electron chi connectivity index (χ2n) is 7.26. The summed E-state index contributed by atoms with van der Waals surface area (Å²) in [5.74, 6) is -1.12. The molecule has 2 aromatic heterocycles. The zero-order valence-electron chi connectivity index (χ0n) is 16.6. The third-order valence-electron chi connectivity index (χ3n) is 5.14. The fourth-order valence-corrected chi connectivity index (χ4v) is 3.44. The molecule has 1 aromatic carbocycles. The summed E-state index contributed by atoms with van der Waals surface area (Å²) in [4.78, 5) is 45.9. The highest BCUT2D eigenvalue weighted by Gasteiger charge is 2.31. The molecule has 3 aromatic rings. The maximum atomic E-state index is 12.7. The lowest BCUT2D eigenvalue weighted by molar-refractivity contribution is -0.143. The molecule has 166 valence electrons. The van der Waals surface area contributed by atoms with Crippen LogP contribution < -0.4 is 15.8 Å². The van der Waals surface area contributed by atoms with Gasteiger partial charge in [0.2, 0.25) is 5.56 Å². The van der Waals surface area contributed by atoms with E-state index < -0.39 is 23.6 Å². The van der Waals surface area contributed by atoms with Gasteiger partial charge in [0.05, 0.1) is 5.56 Å². The number of benzene rings is 1. The largest absolute Gasteiger partial charge is 0.417 e. The lowest BCUT2D eigenvalue weighted by Gasteiger charge is -2.35. The van der Waals surface area contributed by atoms with Gasteiger partial charge in [-0.3, -0.25) is 14.4 Å². The Kier molecular flexibility index (Phi) is 5.56. The number of halogens is 3. The van der Waals surface area contributed by atoms with Gasteiger partial charge in [-0.25, -0.2) is 4.98 Å². The van der Waals surface area contributed by atoms with Crippen molar-refractivity contribution in [1.82, 2.24) is 14.9 Å². The second-order valence-corrected chi connectivity index (χ2v) is 7.26. The van der Waals surface area contributed by atoms with E-state index in [0.717, 1.165) is 12.3 Å². The van der Waals surface area contributed by atoms with Crippen molar-refractivity contribution in [2.75, 3.05) is 36.4 Å². The van der Waals surface area contributed by atoms with E-state index in [-0.39, 0.29) is 18.6 Å². The summed E-state index contributed by atoms with van der Waals surface area (Å²) in [5, 5.41) is 3.26. The molecule has 8 nitrogen and oxygen atoms in total. The van der Waals surface area contributed by atoms with Gasteiger partial charge in [-0.2, -0.15) is 13.2 Å². The summed E-state index contributed by atoms with van der Waals surface area (Å²) in [6.45, 7) is 1.13. The van der Waals surface area contributed by atoms with E-state index in [1.165, 1.54) is 17.0 Å². The van der Waals surface area contributed by atoms with Crippen molar-refractivity contribution < 1.29 is 22.8 Å². The molecular weight excluding hydrogens is 427 g/mol. The summed E-state index contributed by atoms with van der Waals surface area (Å²) in [6, 6.07) is 10.1. The molecule has 0 bridgehead atoms. The van der Waals surface area contributed by atoms with Crippen LogP contribution >= 0.6 is 0 Å². The van der Waals surface area contributed by atoms with Gasteiger partial charge < -0.3 is 20.1 Å². The molecule has 4 rings (SSSR count). The topological polar surface area (TPSA) is 98.4 Å². The Morgan fingerprint density at radius 1 is 1.00 bits per heavy atom. The van der Waals surface area contributed by atoms with E-state index in [2.05, 4.69) is 15.3 Å². The molecule has 0 spiro atoms. The van der Waals surface area contributed by atoms with Crippen LogP contribution in [0.4, 0.5) is 24.7 Å². The number of aromatic nitrogens is 2. The van der Waals surface area contributed by atoms with E-state index in [9.17, 15) is 27.6 Å². The van der Waals surface area contributed by atoms with Gasteiger partial charge in [-0.05, 0) is 36.4 Å². The van der Waals surface area contributed by atoms with Crippen molar-refractivity contribution >= 4 is 34.2 Å². The number of piperazine rings is 1. The molecule has 0 unspecified atom stereocenters. The Bertz CT molecular complexity index is 1220. The average molecular weight is 445 g/mol. The van der Waals surface area contributed by atoms with Crippen LogP contribution in [0.2, 0.25) is 0 Å². The molecule has 32 heavy (non-hydrogen) atoms. The van der Waals surface area contributed by atoms with Crippen LogP contribution in [0.1, 0.15) is 5.56 Å². The minimum Gasteiger partial charge on any atom is -0.353 e. The molecule has 1 aliphatic heterocycles. The lowest BCUT2D eigenvalue weighted by Crippen LogP contribution is -2.51. The molecule has 3 heterocycles. The highest BCUT2D eigenvalue weighted by molar-refractivity contribution is 6.39. The van der Waals surface area contributed by atoms with Crippen molar-refractivity contribution in [3.8, 4) is 0 Å². The van der Waals surface area contributed by atoms with E-state index in [0.29, 0.717) is 35.5 Å². The van der Waals surface area contributed by atoms with Gasteiger partial charge in [0.25, 0.3) is 0 Å². The average Bonchev–Trinajstić information content (AvgIpc) is 2.78. The van der Waals surface area contributed by atoms with E-state index in [1.807, 2.05) is 0 Å². The quantitative estimate of drug-likeness (QED) is 0.590. The second kappa shape index (κ2) is 8.33. The third kappa shape index (κ3) is 4.56. The highest BCUT2D eigenvalue weighted by atomic mass is 19.4. The van der Waals surface area contributed by atoms with E-state index in [4.69, 9.17) is 0 Å². The molecule has 1 saturated heterocycles. The molecule has 1 aliphatic rings. The molecular formula is C21H18F3N5O3. The maximum Gasteiger partial charge on any atom is 0.417 e. The number of aromatic amines is 1. The Morgan fingerprint density at radius 2 is 1.75 bits per heavy atom. The zero-order valence-corrected chi connectivity index (χ0v) is 16.6. The minimum atomic E-state index is -4.45. The normalized spacial score (nSPS) is 14.5. The molecule has 2 amide bonds. The number of fused-ring (bicyclic) bond motifs is 1. The van der Waals surface area contributed by atoms with Crippen molar-refractivity contribution in [2.24, 2.45) is 0 Å².